The Hall–Kier alpha value is -3.47. The lowest BCUT2D eigenvalue weighted by molar-refractivity contribution is 0.446. The quantitative estimate of drug-likeness (QED) is 0.492. The number of nitrogens with zero attached hydrogens (tertiary/aromatic N) is 2. The Morgan fingerprint density at radius 1 is 0.929 bits per heavy atom. The first-order valence-electron chi connectivity index (χ1n) is 8.95. The molecule has 0 atom stereocenters. The summed E-state index contributed by atoms with van der Waals surface area (Å²) in [4.78, 5) is 16.5. The van der Waals surface area contributed by atoms with E-state index in [2.05, 4.69) is 4.98 Å². The summed E-state index contributed by atoms with van der Waals surface area (Å²) >= 11 is 0. The third-order valence-electron chi connectivity index (χ3n) is 4.81. The zero-order valence-electron chi connectivity index (χ0n) is 15.9. The fraction of sp³-hybridized carbons (Fsp3) is 0.130. The molecule has 0 N–H and O–H groups in total. The molecule has 0 spiro atoms. The predicted molar refractivity (Wildman–Crippen MR) is 108 cm³/mol. The van der Waals surface area contributed by atoms with Crippen LogP contribution in [-0.4, -0.2) is 9.55 Å². The van der Waals surface area contributed by atoms with Crippen molar-refractivity contribution in [1.29, 1.82) is 0 Å². The van der Waals surface area contributed by atoms with E-state index in [0.29, 0.717) is 11.4 Å². The Morgan fingerprint density at radius 3 is 2.46 bits per heavy atom. The van der Waals surface area contributed by atoms with Gasteiger partial charge in [0, 0.05) is 29.9 Å². The number of rotatable bonds is 3. The number of aryl methyl sites for hydroxylation is 3. The van der Waals surface area contributed by atoms with E-state index < -0.39 is 5.82 Å². The fourth-order valence-electron chi connectivity index (χ4n) is 3.10. The van der Waals surface area contributed by atoms with Crippen molar-refractivity contribution in [1.82, 2.24) is 9.55 Å². The molecule has 0 fully saturated rings. The maximum absolute atomic E-state index is 14.7. The molecule has 0 aliphatic carbocycles. The summed E-state index contributed by atoms with van der Waals surface area (Å²) < 4.78 is 22.0. The molecule has 0 saturated heterocycles. The van der Waals surface area contributed by atoms with E-state index in [1.807, 2.05) is 32.9 Å². The Labute approximate surface area is 161 Å². The van der Waals surface area contributed by atoms with Gasteiger partial charge in [0.2, 0.25) is 0 Å². The Balaban J connectivity index is 1.73. The van der Waals surface area contributed by atoms with Gasteiger partial charge in [-0.3, -0.25) is 14.3 Å². The molecule has 4 aromatic rings. The molecule has 0 amide bonds. The second-order valence-corrected chi connectivity index (χ2v) is 6.89. The van der Waals surface area contributed by atoms with Crippen molar-refractivity contribution in [3.8, 4) is 17.2 Å². The van der Waals surface area contributed by atoms with Crippen LogP contribution < -0.4 is 10.3 Å². The highest BCUT2D eigenvalue weighted by atomic mass is 19.1. The lowest BCUT2D eigenvalue weighted by Gasteiger charge is -2.12. The first-order chi connectivity index (χ1) is 13.4. The smallest absolute Gasteiger partial charge is 0.255 e. The molecule has 0 aliphatic heterocycles. The molecule has 140 valence electrons. The molecule has 4 nitrogen and oxygen atoms in total. The van der Waals surface area contributed by atoms with Crippen LogP contribution in [0.2, 0.25) is 0 Å². The summed E-state index contributed by atoms with van der Waals surface area (Å²) in [6, 6.07) is 13.5. The van der Waals surface area contributed by atoms with Gasteiger partial charge in [0.25, 0.3) is 5.56 Å². The van der Waals surface area contributed by atoms with Crippen LogP contribution in [0, 0.1) is 26.6 Å². The van der Waals surface area contributed by atoms with Crippen molar-refractivity contribution in [3.63, 3.8) is 0 Å². The summed E-state index contributed by atoms with van der Waals surface area (Å²) in [5, 5.41) is 0.823. The number of halogens is 1. The van der Waals surface area contributed by atoms with Gasteiger partial charge >= 0.3 is 0 Å². The van der Waals surface area contributed by atoms with E-state index in [-0.39, 0.29) is 11.3 Å². The van der Waals surface area contributed by atoms with Gasteiger partial charge in [-0.1, -0.05) is 0 Å². The monoisotopic (exact) mass is 374 g/mol. The Bertz CT molecular complexity index is 1260. The van der Waals surface area contributed by atoms with Crippen molar-refractivity contribution in [2.75, 3.05) is 0 Å². The molecule has 0 saturated carbocycles. The largest absolute Gasteiger partial charge is 0.454 e. The average molecular weight is 374 g/mol. The number of ether oxygens (including phenoxy) is 1. The molecule has 2 aromatic heterocycles. The van der Waals surface area contributed by atoms with Crippen LogP contribution in [0.1, 0.15) is 16.7 Å². The normalized spacial score (nSPS) is 11.0. The predicted octanol–water partition coefficient (Wildman–Crippen LogP) is 5.24. The fourth-order valence-corrected chi connectivity index (χ4v) is 3.10. The minimum Gasteiger partial charge on any atom is -0.454 e. The van der Waals surface area contributed by atoms with Gasteiger partial charge in [0.15, 0.2) is 11.6 Å². The molecular weight excluding hydrogens is 355 g/mol. The van der Waals surface area contributed by atoms with Gasteiger partial charge in [-0.05, 0) is 73.9 Å². The lowest BCUT2D eigenvalue weighted by Crippen LogP contribution is -2.16. The second kappa shape index (κ2) is 6.93. The van der Waals surface area contributed by atoms with Crippen molar-refractivity contribution < 1.29 is 9.13 Å². The van der Waals surface area contributed by atoms with Crippen LogP contribution in [0.4, 0.5) is 4.39 Å². The highest BCUT2D eigenvalue weighted by Crippen LogP contribution is 2.32. The summed E-state index contributed by atoms with van der Waals surface area (Å²) in [5.74, 6) is 0.0839. The van der Waals surface area contributed by atoms with Gasteiger partial charge in [-0.2, -0.15) is 0 Å². The minimum atomic E-state index is -0.543. The standard InChI is InChI=1S/C23H19FN2O2/c1-14-7-9-26(23(27)10-14)17-4-5-22(19(24)13-17)28-21-6-8-25-20-12-16(3)15(2)11-18(20)21/h4-13H,1-3H3. The highest BCUT2D eigenvalue weighted by molar-refractivity contribution is 5.86. The second-order valence-electron chi connectivity index (χ2n) is 6.89. The van der Waals surface area contributed by atoms with Crippen LogP contribution in [0.25, 0.3) is 16.6 Å². The first-order valence-corrected chi connectivity index (χ1v) is 8.95. The van der Waals surface area contributed by atoms with Crippen molar-refractivity contribution in [3.05, 3.63) is 93.8 Å². The maximum Gasteiger partial charge on any atom is 0.255 e. The topological polar surface area (TPSA) is 44.1 Å². The zero-order valence-corrected chi connectivity index (χ0v) is 15.9. The van der Waals surface area contributed by atoms with Gasteiger partial charge in [0.1, 0.15) is 5.75 Å². The van der Waals surface area contributed by atoms with E-state index in [0.717, 1.165) is 27.6 Å². The molecule has 4 rings (SSSR count). The SMILES string of the molecule is Cc1ccn(-c2ccc(Oc3ccnc4cc(C)c(C)cc34)c(F)c2)c(=O)c1. The lowest BCUT2D eigenvalue weighted by atomic mass is 10.1. The van der Waals surface area contributed by atoms with Gasteiger partial charge < -0.3 is 4.74 Å². The van der Waals surface area contributed by atoms with Gasteiger partial charge in [0.05, 0.1) is 11.2 Å². The Morgan fingerprint density at radius 2 is 1.71 bits per heavy atom. The number of benzene rings is 2. The Kier molecular flexibility index (Phi) is 4.43. The third kappa shape index (κ3) is 3.27. The molecule has 0 unspecified atom stereocenters. The molecular formula is C23H19FN2O2. The maximum atomic E-state index is 14.7. The van der Waals surface area contributed by atoms with E-state index in [1.165, 1.54) is 22.8 Å². The van der Waals surface area contributed by atoms with Crippen LogP contribution in [0.3, 0.4) is 0 Å². The molecule has 0 aliphatic rings. The van der Waals surface area contributed by atoms with E-state index >= 15 is 0 Å². The number of aromatic nitrogens is 2. The molecule has 5 heteroatoms. The molecule has 0 radical (unpaired) electrons. The number of fused-ring (bicyclic) bond motifs is 1. The molecule has 2 heterocycles. The van der Waals surface area contributed by atoms with E-state index in [4.69, 9.17) is 4.74 Å². The van der Waals surface area contributed by atoms with Crippen LogP contribution in [0.15, 0.2) is 65.7 Å². The number of hydrogen-bond acceptors (Lipinski definition) is 3. The van der Waals surface area contributed by atoms with Crippen LogP contribution >= 0.6 is 0 Å². The number of hydrogen-bond donors (Lipinski definition) is 0. The van der Waals surface area contributed by atoms with Crippen LogP contribution in [-0.2, 0) is 0 Å². The average Bonchev–Trinajstić information content (AvgIpc) is 2.65. The summed E-state index contributed by atoms with van der Waals surface area (Å²) in [5.41, 5.74) is 4.14. The van der Waals surface area contributed by atoms with Crippen molar-refractivity contribution >= 4 is 10.9 Å². The van der Waals surface area contributed by atoms with Crippen LogP contribution in [0.5, 0.6) is 11.5 Å². The van der Waals surface area contributed by atoms with Gasteiger partial charge in [-0.25, -0.2) is 4.39 Å². The van der Waals surface area contributed by atoms with E-state index in [1.54, 1.807) is 30.6 Å². The zero-order chi connectivity index (χ0) is 19.8. The molecule has 0 bridgehead atoms. The number of pyridine rings is 2. The van der Waals surface area contributed by atoms with Gasteiger partial charge in [-0.15, -0.1) is 0 Å². The summed E-state index contributed by atoms with van der Waals surface area (Å²) in [6.45, 7) is 5.88. The first kappa shape index (κ1) is 17.9. The van der Waals surface area contributed by atoms with Crippen molar-refractivity contribution in [2.24, 2.45) is 0 Å². The molecule has 28 heavy (non-hydrogen) atoms. The van der Waals surface area contributed by atoms with Crippen molar-refractivity contribution in [2.45, 2.75) is 20.8 Å². The third-order valence-corrected chi connectivity index (χ3v) is 4.81. The summed E-state index contributed by atoms with van der Waals surface area (Å²) in [7, 11) is 0. The van der Waals surface area contributed by atoms with E-state index in [9.17, 15) is 9.18 Å². The summed E-state index contributed by atoms with van der Waals surface area (Å²) in [6.07, 6.45) is 3.28. The minimum absolute atomic E-state index is 0.0923. The molecule has 2 aromatic carbocycles. The highest BCUT2D eigenvalue weighted by Gasteiger charge is 2.11.